The summed E-state index contributed by atoms with van der Waals surface area (Å²) in [7, 11) is 0. The van der Waals surface area contributed by atoms with Crippen LogP contribution in [-0.2, 0) is 19.1 Å². The van der Waals surface area contributed by atoms with Gasteiger partial charge in [0.25, 0.3) is 0 Å². The Morgan fingerprint density at radius 3 is 2.55 bits per heavy atom. The lowest BCUT2D eigenvalue weighted by Crippen LogP contribution is -2.51. The van der Waals surface area contributed by atoms with E-state index in [9.17, 15) is 19.5 Å². The van der Waals surface area contributed by atoms with Crippen LogP contribution in [0.4, 0.5) is 4.79 Å². The van der Waals surface area contributed by atoms with Crippen LogP contribution in [0.2, 0.25) is 0 Å². The van der Waals surface area contributed by atoms with Gasteiger partial charge in [0.2, 0.25) is 0 Å². The van der Waals surface area contributed by atoms with Crippen LogP contribution in [0.15, 0.2) is 11.6 Å². The number of Topliss-reactive ketones (excluding diaryl/α,β-unsaturated/α-hetero) is 1. The van der Waals surface area contributed by atoms with Crippen molar-refractivity contribution < 1.29 is 29.0 Å². The SMILES string of the molecule is CCOC(=O)C1CN(C(O)CCCCCNC(=O)O[C@H]2CC[C@@]3(C)C(=CCC4C3CC[C@@]3(C)C4CC[C@@H]3C(C)CCCC(C)C)C2)CC1=O. The average Bonchev–Trinajstić information content (AvgIpc) is 3.62. The largest absolute Gasteiger partial charge is 0.465 e. The van der Waals surface area contributed by atoms with Crippen LogP contribution in [0.3, 0.4) is 0 Å². The summed E-state index contributed by atoms with van der Waals surface area (Å²) in [4.78, 5) is 38.5. The molecule has 1 saturated heterocycles. The number of alkyl carbamates (subject to hydrolysis) is 1. The van der Waals surface area contributed by atoms with Gasteiger partial charge in [-0.1, -0.05) is 72.0 Å². The first-order chi connectivity index (χ1) is 23.4. The van der Waals surface area contributed by atoms with E-state index in [1.165, 1.54) is 51.4 Å². The molecule has 1 heterocycles. The molecule has 1 aliphatic heterocycles. The first kappa shape index (κ1) is 38.3. The highest BCUT2D eigenvalue weighted by Gasteiger charge is 2.59. The van der Waals surface area contributed by atoms with Crippen molar-refractivity contribution in [1.82, 2.24) is 10.2 Å². The predicted molar refractivity (Wildman–Crippen MR) is 192 cm³/mol. The number of hydrogen-bond donors (Lipinski definition) is 2. The number of nitrogens with zero attached hydrogens (tertiary/aromatic N) is 1. The van der Waals surface area contributed by atoms with E-state index < -0.39 is 18.1 Å². The van der Waals surface area contributed by atoms with E-state index in [2.05, 4.69) is 46.0 Å². The lowest BCUT2D eigenvalue weighted by molar-refractivity contribution is -0.150. The third-order valence-electron chi connectivity index (χ3n) is 14.1. The van der Waals surface area contributed by atoms with Gasteiger partial charge in [0.05, 0.1) is 13.2 Å². The number of amides is 1. The first-order valence-electron chi connectivity index (χ1n) is 20.1. The van der Waals surface area contributed by atoms with Crippen molar-refractivity contribution in [2.45, 2.75) is 150 Å². The number of ketones is 1. The van der Waals surface area contributed by atoms with E-state index in [-0.39, 0.29) is 43.1 Å². The van der Waals surface area contributed by atoms with E-state index in [1.807, 2.05) is 0 Å². The zero-order chi connectivity index (χ0) is 35.3. The number of esters is 1. The Hall–Kier alpha value is -1.93. The van der Waals surface area contributed by atoms with Crippen molar-refractivity contribution >= 4 is 17.8 Å². The molecule has 6 unspecified atom stereocenters. The Morgan fingerprint density at radius 2 is 1.80 bits per heavy atom. The second-order valence-electron chi connectivity index (χ2n) is 17.5. The number of carbonyl (C=O) groups excluding carboxylic acids is 3. The molecule has 8 nitrogen and oxygen atoms in total. The molecule has 5 aliphatic rings. The Morgan fingerprint density at radius 1 is 1.00 bits per heavy atom. The molecule has 0 bridgehead atoms. The molecular weight excluding hydrogens is 616 g/mol. The molecule has 4 aliphatic carbocycles. The molecule has 3 saturated carbocycles. The number of allylic oxidation sites excluding steroid dienone is 1. The highest BCUT2D eigenvalue weighted by molar-refractivity contribution is 6.01. The number of likely N-dealkylation sites (tertiary alicyclic amines) is 1. The Labute approximate surface area is 296 Å². The molecule has 5 rings (SSSR count). The number of aliphatic hydroxyl groups excluding tert-OH is 1. The molecule has 0 spiro atoms. The minimum Gasteiger partial charge on any atom is -0.465 e. The zero-order valence-corrected chi connectivity index (χ0v) is 31.6. The van der Waals surface area contributed by atoms with Crippen molar-refractivity contribution in [3.8, 4) is 0 Å². The Balaban J connectivity index is 1.01. The third kappa shape index (κ3) is 8.59. The minimum atomic E-state index is -0.796. The van der Waals surface area contributed by atoms with Gasteiger partial charge in [-0.25, -0.2) is 4.79 Å². The van der Waals surface area contributed by atoms with Crippen LogP contribution < -0.4 is 5.32 Å². The summed E-state index contributed by atoms with van der Waals surface area (Å²) in [5.41, 5.74) is 2.29. The van der Waals surface area contributed by atoms with Gasteiger partial charge in [-0.2, -0.15) is 0 Å². The van der Waals surface area contributed by atoms with Gasteiger partial charge < -0.3 is 19.9 Å². The number of aliphatic hydroxyl groups is 1. The molecule has 49 heavy (non-hydrogen) atoms. The van der Waals surface area contributed by atoms with Crippen molar-refractivity contribution in [3.63, 3.8) is 0 Å². The molecule has 0 aromatic heterocycles. The van der Waals surface area contributed by atoms with Crippen molar-refractivity contribution in [1.29, 1.82) is 0 Å². The van der Waals surface area contributed by atoms with Crippen LogP contribution in [0.25, 0.3) is 0 Å². The maximum Gasteiger partial charge on any atom is 0.407 e. The van der Waals surface area contributed by atoms with E-state index in [0.29, 0.717) is 18.4 Å². The van der Waals surface area contributed by atoms with Crippen molar-refractivity contribution in [2.24, 2.45) is 52.3 Å². The summed E-state index contributed by atoms with van der Waals surface area (Å²) in [5, 5.41) is 13.5. The van der Waals surface area contributed by atoms with Gasteiger partial charge in [0.1, 0.15) is 18.2 Å². The second-order valence-corrected chi connectivity index (χ2v) is 17.5. The average molecular weight is 685 g/mol. The number of rotatable bonds is 15. The van der Waals surface area contributed by atoms with E-state index in [4.69, 9.17) is 9.47 Å². The minimum absolute atomic E-state index is 0.0518. The Kier molecular flexibility index (Phi) is 13.0. The fraction of sp³-hybridized carbons (Fsp3) is 0.878. The van der Waals surface area contributed by atoms with Gasteiger partial charge in [0, 0.05) is 19.5 Å². The van der Waals surface area contributed by atoms with Crippen LogP contribution >= 0.6 is 0 Å². The molecule has 278 valence electrons. The summed E-state index contributed by atoms with van der Waals surface area (Å²) < 4.78 is 10.9. The number of hydrogen-bond acceptors (Lipinski definition) is 7. The molecule has 10 atom stereocenters. The summed E-state index contributed by atoms with van der Waals surface area (Å²) in [5.74, 6) is 3.46. The van der Waals surface area contributed by atoms with Gasteiger partial charge >= 0.3 is 12.1 Å². The molecular formula is C41H68N2O6. The van der Waals surface area contributed by atoms with Gasteiger partial charge in [-0.3, -0.25) is 14.5 Å². The standard InChI is InChI=1S/C41H68N2O6/c1-7-48-38(46)32-25-43(26-36(32)44)37(45)14-9-8-10-23-42-39(47)49-30-19-21-40(5)29(24-30)15-16-31-34-18-17-33(28(4)13-11-12-27(2)3)41(34,6)22-20-35(31)40/h15,27-28,30-35,37,45H,7-14,16-26H2,1-6H3,(H,42,47)/t28?,30-,31?,32?,33+,34?,35?,37?,40-,41+/m0/s1. The quantitative estimate of drug-likeness (QED) is 0.0778. The predicted octanol–water partition coefficient (Wildman–Crippen LogP) is 8.07. The number of fused-ring (bicyclic) bond motifs is 5. The topological polar surface area (TPSA) is 105 Å². The molecule has 2 N–H and O–H groups in total. The summed E-state index contributed by atoms with van der Waals surface area (Å²) in [6.07, 6.45) is 18.2. The lowest BCUT2D eigenvalue weighted by atomic mass is 9.47. The second kappa shape index (κ2) is 16.6. The van der Waals surface area contributed by atoms with Gasteiger partial charge in [-0.15, -0.1) is 0 Å². The van der Waals surface area contributed by atoms with Crippen LogP contribution in [0.5, 0.6) is 0 Å². The fourth-order valence-corrected chi connectivity index (χ4v) is 11.3. The fourth-order valence-electron chi connectivity index (χ4n) is 11.3. The number of carbonyl (C=O) groups is 3. The van der Waals surface area contributed by atoms with E-state index in [1.54, 1.807) is 17.4 Å². The summed E-state index contributed by atoms with van der Waals surface area (Å²) in [6.45, 7) is 15.3. The summed E-state index contributed by atoms with van der Waals surface area (Å²) >= 11 is 0. The normalized spacial score (nSPS) is 35.6. The summed E-state index contributed by atoms with van der Waals surface area (Å²) in [6, 6.07) is 0. The lowest BCUT2D eigenvalue weighted by Gasteiger charge is -2.58. The molecule has 8 heteroatoms. The number of ether oxygens (including phenoxy) is 2. The highest BCUT2D eigenvalue weighted by atomic mass is 16.6. The van der Waals surface area contributed by atoms with Crippen molar-refractivity contribution in [3.05, 3.63) is 11.6 Å². The molecule has 0 aromatic carbocycles. The molecule has 1 amide bonds. The van der Waals surface area contributed by atoms with Crippen molar-refractivity contribution in [2.75, 3.05) is 26.2 Å². The maximum absolute atomic E-state index is 12.7. The zero-order valence-electron chi connectivity index (χ0n) is 31.6. The maximum atomic E-state index is 12.7. The first-order valence-corrected chi connectivity index (χ1v) is 20.1. The van der Waals surface area contributed by atoms with Gasteiger partial charge in [0.15, 0.2) is 5.78 Å². The Bertz CT molecular complexity index is 1190. The monoisotopic (exact) mass is 685 g/mol. The third-order valence-corrected chi connectivity index (χ3v) is 14.1. The van der Waals surface area contributed by atoms with Gasteiger partial charge in [-0.05, 0) is 117 Å². The van der Waals surface area contributed by atoms with Crippen LogP contribution in [-0.4, -0.2) is 66.4 Å². The molecule has 4 fully saturated rings. The number of unbranched alkanes of at least 4 members (excludes halogenated alkanes) is 2. The highest BCUT2D eigenvalue weighted by Crippen LogP contribution is 2.67. The van der Waals surface area contributed by atoms with E-state index >= 15 is 0 Å². The smallest absolute Gasteiger partial charge is 0.407 e. The number of nitrogens with one attached hydrogen (secondary N) is 1. The van der Waals surface area contributed by atoms with E-state index in [0.717, 1.165) is 74.0 Å². The van der Waals surface area contributed by atoms with Crippen LogP contribution in [0.1, 0.15) is 138 Å². The van der Waals surface area contributed by atoms with Crippen LogP contribution in [0, 0.1) is 52.3 Å². The molecule has 0 radical (unpaired) electrons. The molecule has 0 aromatic rings.